The van der Waals surface area contributed by atoms with Gasteiger partial charge in [-0.3, -0.25) is 0 Å². The molecule has 104 valence electrons. The molecule has 2 amide bonds. The SMILES string of the molecule is O=C(Nc1ccccc1)Nc1ccccc1-c1nnn[nH]1. The van der Waals surface area contributed by atoms with Crippen molar-refractivity contribution in [3.05, 3.63) is 54.6 Å². The summed E-state index contributed by atoms with van der Waals surface area (Å²) in [6.07, 6.45) is 0. The third kappa shape index (κ3) is 3.03. The summed E-state index contributed by atoms with van der Waals surface area (Å²) in [6.45, 7) is 0. The maximum absolute atomic E-state index is 12.0. The molecule has 1 heterocycles. The van der Waals surface area contributed by atoms with E-state index in [1.165, 1.54) is 0 Å². The molecule has 3 aromatic rings. The van der Waals surface area contributed by atoms with E-state index in [2.05, 4.69) is 31.3 Å². The number of carbonyl (C=O) groups excluding carboxylic acids is 1. The van der Waals surface area contributed by atoms with Crippen molar-refractivity contribution >= 4 is 17.4 Å². The van der Waals surface area contributed by atoms with Crippen LogP contribution in [0.25, 0.3) is 11.4 Å². The zero-order chi connectivity index (χ0) is 14.5. The van der Waals surface area contributed by atoms with Crippen LogP contribution in [-0.4, -0.2) is 26.7 Å². The van der Waals surface area contributed by atoms with Crippen molar-refractivity contribution in [3.8, 4) is 11.4 Å². The Hall–Kier alpha value is -3.22. The molecular formula is C14H12N6O. The fraction of sp³-hybridized carbons (Fsp3) is 0. The average Bonchev–Trinajstić information content (AvgIpc) is 3.03. The van der Waals surface area contributed by atoms with Gasteiger partial charge in [0.05, 0.1) is 5.69 Å². The zero-order valence-electron chi connectivity index (χ0n) is 10.9. The van der Waals surface area contributed by atoms with Gasteiger partial charge in [-0.05, 0) is 34.7 Å². The van der Waals surface area contributed by atoms with Crippen molar-refractivity contribution in [2.45, 2.75) is 0 Å². The van der Waals surface area contributed by atoms with E-state index in [1.807, 2.05) is 48.5 Å². The predicted octanol–water partition coefficient (Wildman–Crippen LogP) is 2.51. The number of tetrazole rings is 1. The first kappa shape index (κ1) is 12.8. The van der Waals surface area contributed by atoms with E-state index < -0.39 is 0 Å². The normalized spacial score (nSPS) is 10.1. The summed E-state index contributed by atoms with van der Waals surface area (Å²) >= 11 is 0. The highest BCUT2D eigenvalue weighted by Gasteiger charge is 2.10. The molecule has 7 nitrogen and oxygen atoms in total. The molecule has 0 aliphatic rings. The van der Waals surface area contributed by atoms with Gasteiger partial charge in [0.1, 0.15) is 0 Å². The number of carbonyl (C=O) groups is 1. The lowest BCUT2D eigenvalue weighted by Gasteiger charge is -2.10. The largest absolute Gasteiger partial charge is 0.323 e. The number of urea groups is 1. The van der Waals surface area contributed by atoms with E-state index in [9.17, 15) is 4.79 Å². The smallest absolute Gasteiger partial charge is 0.308 e. The third-order valence-electron chi connectivity index (χ3n) is 2.81. The molecule has 7 heteroatoms. The molecule has 0 aliphatic heterocycles. The van der Waals surface area contributed by atoms with Crippen molar-refractivity contribution < 1.29 is 4.79 Å². The van der Waals surface area contributed by atoms with Crippen molar-refractivity contribution in [2.24, 2.45) is 0 Å². The number of amides is 2. The highest BCUT2D eigenvalue weighted by Crippen LogP contribution is 2.24. The van der Waals surface area contributed by atoms with Gasteiger partial charge in [-0.1, -0.05) is 30.3 Å². The Balaban J connectivity index is 1.78. The van der Waals surface area contributed by atoms with E-state index in [1.54, 1.807) is 6.07 Å². The molecule has 0 radical (unpaired) electrons. The van der Waals surface area contributed by atoms with E-state index >= 15 is 0 Å². The second-order valence-electron chi connectivity index (χ2n) is 4.24. The third-order valence-corrected chi connectivity index (χ3v) is 2.81. The number of benzene rings is 2. The minimum atomic E-state index is -0.332. The molecular weight excluding hydrogens is 268 g/mol. The number of aromatic nitrogens is 4. The van der Waals surface area contributed by atoms with Crippen molar-refractivity contribution in [3.63, 3.8) is 0 Å². The Kier molecular flexibility index (Phi) is 3.55. The van der Waals surface area contributed by atoms with Gasteiger partial charge in [-0.2, -0.15) is 0 Å². The van der Waals surface area contributed by atoms with E-state index in [-0.39, 0.29) is 6.03 Å². The highest BCUT2D eigenvalue weighted by atomic mass is 16.2. The van der Waals surface area contributed by atoms with Crippen molar-refractivity contribution in [2.75, 3.05) is 10.6 Å². The number of rotatable bonds is 3. The molecule has 0 fully saturated rings. The first-order chi connectivity index (χ1) is 10.3. The molecule has 0 spiro atoms. The number of H-pyrrole nitrogens is 1. The molecule has 0 aliphatic carbocycles. The van der Waals surface area contributed by atoms with Crippen molar-refractivity contribution in [1.29, 1.82) is 0 Å². The fourth-order valence-electron chi connectivity index (χ4n) is 1.88. The van der Waals surface area contributed by atoms with Crippen LogP contribution < -0.4 is 10.6 Å². The first-order valence-electron chi connectivity index (χ1n) is 6.29. The van der Waals surface area contributed by atoms with Crippen LogP contribution in [0.1, 0.15) is 0 Å². The molecule has 0 saturated carbocycles. The van der Waals surface area contributed by atoms with Gasteiger partial charge in [-0.15, -0.1) is 5.10 Å². The number of nitrogens with one attached hydrogen (secondary N) is 3. The summed E-state index contributed by atoms with van der Waals surface area (Å²) in [7, 11) is 0. The Labute approximate surface area is 120 Å². The number of hydrogen-bond acceptors (Lipinski definition) is 4. The van der Waals surface area contributed by atoms with E-state index in [4.69, 9.17) is 0 Å². The lowest BCUT2D eigenvalue weighted by Crippen LogP contribution is -2.19. The fourth-order valence-corrected chi connectivity index (χ4v) is 1.88. The Morgan fingerprint density at radius 1 is 0.952 bits per heavy atom. The Morgan fingerprint density at radius 3 is 2.48 bits per heavy atom. The van der Waals surface area contributed by atoms with Gasteiger partial charge in [-0.25, -0.2) is 9.89 Å². The minimum absolute atomic E-state index is 0.332. The number of anilines is 2. The number of aromatic amines is 1. The van der Waals surface area contributed by atoms with Gasteiger partial charge >= 0.3 is 6.03 Å². The van der Waals surface area contributed by atoms with Crippen molar-refractivity contribution in [1.82, 2.24) is 20.6 Å². The van der Waals surface area contributed by atoms with Crippen LogP contribution in [0.2, 0.25) is 0 Å². The Morgan fingerprint density at radius 2 is 1.71 bits per heavy atom. The summed E-state index contributed by atoms with van der Waals surface area (Å²) in [5, 5.41) is 19.1. The minimum Gasteiger partial charge on any atom is -0.308 e. The van der Waals surface area contributed by atoms with E-state index in [0.29, 0.717) is 22.8 Å². The quantitative estimate of drug-likeness (QED) is 0.687. The van der Waals surface area contributed by atoms with Crippen LogP contribution in [0, 0.1) is 0 Å². The standard InChI is InChI=1S/C14H12N6O/c21-14(15-10-6-2-1-3-7-10)16-12-9-5-4-8-11(12)13-17-19-20-18-13/h1-9H,(H2,15,16,21)(H,17,18,19,20). The second kappa shape index (κ2) is 5.83. The maximum Gasteiger partial charge on any atom is 0.323 e. The van der Waals surface area contributed by atoms with Gasteiger partial charge in [0.15, 0.2) is 5.82 Å². The predicted molar refractivity (Wildman–Crippen MR) is 78.7 cm³/mol. The topological polar surface area (TPSA) is 95.6 Å². The van der Waals surface area contributed by atoms with Gasteiger partial charge in [0, 0.05) is 11.3 Å². The lowest BCUT2D eigenvalue weighted by atomic mass is 10.1. The molecule has 0 unspecified atom stereocenters. The van der Waals surface area contributed by atoms with Gasteiger partial charge in [0.25, 0.3) is 0 Å². The van der Waals surface area contributed by atoms with Crippen LogP contribution in [0.4, 0.5) is 16.2 Å². The van der Waals surface area contributed by atoms with Crippen LogP contribution in [-0.2, 0) is 0 Å². The summed E-state index contributed by atoms with van der Waals surface area (Å²) in [6, 6.07) is 16.1. The van der Waals surface area contributed by atoms with Gasteiger partial charge in [0.2, 0.25) is 0 Å². The number of hydrogen-bond donors (Lipinski definition) is 3. The van der Waals surface area contributed by atoms with Crippen LogP contribution in [0.15, 0.2) is 54.6 Å². The average molecular weight is 280 g/mol. The number of nitrogens with zero attached hydrogens (tertiary/aromatic N) is 3. The Bertz CT molecular complexity index is 726. The summed E-state index contributed by atoms with van der Waals surface area (Å²) in [5.74, 6) is 0.491. The first-order valence-corrected chi connectivity index (χ1v) is 6.29. The maximum atomic E-state index is 12.0. The molecule has 0 atom stereocenters. The summed E-state index contributed by atoms with van der Waals surface area (Å²) in [5.41, 5.74) is 2.05. The van der Waals surface area contributed by atoms with Gasteiger partial charge < -0.3 is 10.6 Å². The molecule has 2 aromatic carbocycles. The molecule has 3 rings (SSSR count). The van der Waals surface area contributed by atoms with Crippen LogP contribution >= 0.6 is 0 Å². The highest BCUT2D eigenvalue weighted by molar-refractivity contribution is 6.01. The monoisotopic (exact) mass is 280 g/mol. The summed E-state index contributed by atoms with van der Waals surface area (Å²) < 4.78 is 0. The molecule has 21 heavy (non-hydrogen) atoms. The lowest BCUT2D eigenvalue weighted by molar-refractivity contribution is 0.262. The molecule has 3 N–H and O–H groups in total. The summed E-state index contributed by atoms with van der Waals surface area (Å²) in [4.78, 5) is 12.0. The second-order valence-corrected chi connectivity index (χ2v) is 4.24. The van der Waals surface area contributed by atoms with Crippen LogP contribution in [0.5, 0.6) is 0 Å². The van der Waals surface area contributed by atoms with E-state index in [0.717, 1.165) is 0 Å². The molecule has 0 saturated heterocycles. The molecule has 1 aromatic heterocycles. The van der Waals surface area contributed by atoms with Crippen LogP contribution in [0.3, 0.4) is 0 Å². The molecule has 0 bridgehead atoms. The zero-order valence-corrected chi connectivity index (χ0v) is 10.9. The number of para-hydroxylation sites is 2.